The minimum atomic E-state index is -1.41. The molecule has 0 fully saturated rings. The quantitative estimate of drug-likeness (QED) is 0.716. The van der Waals surface area contributed by atoms with E-state index in [1.54, 1.807) is 24.3 Å². The third-order valence-electron chi connectivity index (χ3n) is 5.23. The van der Waals surface area contributed by atoms with Gasteiger partial charge in [-0.2, -0.15) is 0 Å². The summed E-state index contributed by atoms with van der Waals surface area (Å²) in [4.78, 5) is 15.1. The van der Waals surface area contributed by atoms with Gasteiger partial charge in [-0.1, -0.05) is 24.3 Å². The van der Waals surface area contributed by atoms with Crippen LogP contribution in [0.25, 0.3) is 0 Å². The van der Waals surface area contributed by atoms with Gasteiger partial charge in [-0.25, -0.2) is 4.79 Å². The molecule has 5 nitrogen and oxygen atoms in total. The summed E-state index contributed by atoms with van der Waals surface area (Å²) in [6.45, 7) is 0. The first-order valence-corrected chi connectivity index (χ1v) is 9.51. The molecule has 1 aliphatic rings. The first-order chi connectivity index (χ1) is 14.2. The van der Waals surface area contributed by atoms with Crippen molar-refractivity contribution >= 4 is 17.3 Å². The highest BCUT2D eigenvalue weighted by atomic mass is 16.5. The van der Waals surface area contributed by atoms with Crippen molar-refractivity contribution < 1.29 is 20.9 Å². The van der Waals surface area contributed by atoms with Crippen LogP contribution in [0.1, 0.15) is 34.3 Å². The van der Waals surface area contributed by atoms with Gasteiger partial charge in [-0.15, -0.1) is 0 Å². The molecule has 0 radical (unpaired) electrons. The zero-order chi connectivity index (χ0) is 21.6. The van der Waals surface area contributed by atoms with Crippen LogP contribution in [-0.4, -0.2) is 39.3 Å². The van der Waals surface area contributed by atoms with Crippen LogP contribution in [0.5, 0.6) is 11.5 Å². The molecule has 0 spiro atoms. The van der Waals surface area contributed by atoms with Crippen molar-refractivity contribution in [3.63, 3.8) is 0 Å². The highest BCUT2D eigenvalue weighted by Gasteiger charge is 2.32. The smallest absolute Gasteiger partial charge is 0.335 e. The molecule has 5 heteroatoms. The summed E-state index contributed by atoms with van der Waals surface area (Å²) in [6, 6.07) is 18.2. The number of nitrogens with one attached hydrogen (secondary N) is 1. The topological polar surface area (TPSA) is 54.2 Å². The van der Waals surface area contributed by atoms with Crippen LogP contribution in [0.2, 0.25) is 0 Å². The Morgan fingerprint density at radius 2 is 1.66 bits per heavy atom. The van der Waals surface area contributed by atoms with Crippen LogP contribution in [0.15, 0.2) is 60.7 Å². The molecule has 3 aromatic carbocycles. The number of hydrogen-bond donors (Lipinski definition) is 2. The van der Waals surface area contributed by atoms with Crippen molar-refractivity contribution in [2.45, 2.75) is 5.89 Å². The van der Waals surface area contributed by atoms with Gasteiger partial charge >= 0.3 is 5.97 Å². The van der Waals surface area contributed by atoms with E-state index < -0.39 is 11.9 Å². The third-order valence-corrected chi connectivity index (χ3v) is 5.23. The monoisotopic (exact) mass is 390 g/mol. The van der Waals surface area contributed by atoms with Crippen LogP contribution >= 0.6 is 0 Å². The van der Waals surface area contributed by atoms with Crippen LogP contribution in [0.4, 0.5) is 11.4 Å². The Balaban J connectivity index is 2.05. The molecule has 0 amide bonds. The van der Waals surface area contributed by atoms with Crippen LogP contribution in [0, 0.1) is 0 Å². The number of carboxylic acid groups (broad SMARTS) is 1. The molecule has 148 valence electrons. The second kappa shape index (κ2) is 7.26. The predicted molar refractivity (Wildman–Crippen MR) is 114 cm³/mol. The number of hydrogen-bond acceptors (Lipinski definition) is 3. The van der Waals surface area contributed by atoms with E-state index in [-0.39, 0.29) is 5.56 Å². The largest absolute Gasteiger partial charge is 0.478 e. The molecule has 0 aromatic heterocycles. The zero-order valence-electron chi connectivity index (χ0n) is 18.0. The molecule has 0 aliphatic carbocycles. The Kier molecular flexibility index (Phi) is 4.45. The number of carbonyl (C=O) groups is 1. The average Bonchev–Trinajstić information content (AvgIpc) is 2.72. The van der Waals surface area contributed by atoms with Gasteiger partial charge in [0, 0.05) is 50.3 Å². The van der Waals surface area contributed by atoms with E-state index in [9.17, 15) is 11.3 Å². The molecule has 1 aliphatic heterocycles. The lowest BCUT2D eigenvalue weighted by molar-refractivity contribution is -0.786. The Morgan fingerprint density at radius 3 is 2.31 bits per heavy atom. The summed E-state index contributed by atoms with van der Waals surface area (Å²) in [5.74, 6) is -1.32. The van der Waals surface area contributed by atoms with Gasteiger partial charge in [0.05, 0.1) is 19.7 Å². The number of ether oxygens (including phenoxy) is 1. The number of benzene rings is 3. The number of carboxylic acids is 1. The lowest BCUT2D eigenvalue weighted by Crippen LogP contribution is -3.00. The number of aromatic carboxylic acids is 1. The summed E-state index contributed by atoms with van der Waals surface area (Å²) >= 11 is 0. The van der Waals surface area contributed by atoms with Crippen LogP contribution < -0.4 is 14.5 Å². The number of quaternary nitrogens is 1. The second-order valence-electron chi connectivity index (χ2n) is 7.61. The molecule has 0 saturated heterocycles. The molecule has 1 unspecified atom stereocenters. The van der Waals surface area contributed by atoms with Gasteiger partial charge in [0.1, 0.15) is 17.2 Å². The summed E-state index contributed by atoms with van der Waals surface area (Å²) in [5.41, 5.74) is 3.76. The number of anilines is 1. The van der Waals surface area contributed by atoms with Gasteiger partial charge < -0.3 is 19.6 Å². The molecule has 0 bridgehead atoms. The molecule has 3 aromatic rings. The van der Waals surface area contributed by atoms with Gasteiger partial charge in [-0.3, -0.25) is 0 Å². The van der Waals surface area contributed by atoms with Gasteiger partial charge in [0.15, 0.2) is 0 Å². The van der Waals surface area contributed by atoms with E-state index in [0.717, 1.165) is 16.3 Å². The van der Waals surface area contributed by atoms with Crippen LogP contribution in [-0.2, 0) is 0 Å². The lowest BCUT2D eigenvalue weighted by Gasteiger charge is -2.30. The maximum absolute atomic E-state index is 12.0. The first kappa shape index (κ1) is 17.8. The minimum Gasteiger partial charge on any atom is -0.478 e. The molecular formula is C24H25N2O3+. The Labute approximate surface area is 172 Å². The molecule has 1 atom stereocenters. The molecular weight excluding hydrogens is 364 g/mol. The fourth-order valence-electron chi connectivity index (χ4n) is 3.65. The summed E-state index contributed by atoms with van der Waals surface area (Å²) < 4.78 is 15.9. The number of nitrogens with zero attached hydrogens (tertiary/aromatic N) is 1. The van der Waals surface area contributed by atoms with Crippen LogP contribution in [0.3, 0.4) is 0 Å². The van der Waals surface area contributed by atoms with Crippen molar-refractivity contribution in [1.29, 1.82) is 0 Å². The zero-order valence-corrected chi connectivity index (χ0v) is 17.0. The number of rotatable bonds is 4. The molecule has 29 heavy (non-hydrogen) atoms. The highest BCUT2D eigenvalue weighted by Crippen LogP contribution is 2.49. The first-order valence-electron chi connectivity index (χ1n) is 10.0. The summed E-state index contributed by atoms with van der Waals surface area (Å²) in [5, 5.41) is 9.82. The SMILES string of the molecule is [2H]C1(c2ccccc2C(=O)O)c2ccc(N(C)C)cc2Oc2cc([NH+](C)C)ccc21. The third kappa shape index (κ3) is 3.34. The fraction of sp³-hybridized carbons (Fsp3) is 0.208. The molecule has 1 heterocycles. The Bertz CT molecular complexity index is 1080. The standard InChI is InChI=1S/C24H24N2O3/c1-25(2)15-9-11-19-21(13-15)29-22-14-16(26(3)4)10-12-20(22)23(19)17-7-5-6-8-18(17)24(27)28/h5-14,23H,1-4H3,(H,27,28)/p+1/i23D. The molecule has 4 rings (SSSR count). The maximum Gasteiger partial charge on any atom is 0.335 e. The van der Waals surface area contributed by atoms with E-state index in [0.29, 0.717) is 28.2 Å². The maximum atomic E-state index is 12.0. The predicted octanol–water partition coefficient (Wildman–Crippen LogP) is 3.51. The summed E-state index contributed by atoms with van der Waals surface area (Å²) in [7, 11) is 7.94. The van der Waals surface area contributed by atoms with Crippen molar-refractivity contribution in [2.75, 3.05) is 33.1 Å². The van der Waals surface area contributed by atoms with Crippen molar-refractivity contribution in [3.05, 3.63) is 82.9 Å². The Morgan fingerprint density at radius 1 is 1.00 bits per heavy atom. The number of fused-ring (bicyclic) bond motifs is 2. The van der Waals surface area contributed by atoms with E-state index in [4.69, 9.17) is 4.74 Å². The van der Waals surface area contributed by atoms with E-state index >= 15 is 0 Å². The van der Waals surface area contributed by atoms with E-state index in [1.165, 1.54) is 0 Å². The van der Waals surface area contributed by atoms with Crippen molar-refractivity contribution in [1.82, 2.24) is 0 Å². The normalized spacial score (nSPS) is 17.8. The lowest BCUT2D eigenvalue weighted by atomic mass is 9.80. The van der Waals surface area contributed by atoms with Gasteiger partial charge in [0.2, 0.25) is 0 Å². The highest BCUT2D eigenvalue weighted by molar-refractivity contribution is 5.90. The van der Waals surface area contributed by atoms with Gasteiger partial charge in [-0.05, 0) is 29.8 Å². The molecule has 0 saturated carbocycles. The Hall–Kier alpha value is -3.31. The minimum absolute atomic E-state index is 0.116. The van der Waals surface area contributed by atoms with E-state index in [1.807, 2.05) is 69.5 Å². The fourth-order valence-corrected chi connectivity index (χ4v) is 3.65. The molecule has 2 N–H and O–H groups in total. The van der Waals surface area contributed by atoms with Crippen molar-refractivity contribution in [2.24, 2.45) is 0 Å². The average molecular weight is 390 g/mol. The van der Waals surface area contributed by atoms with Gasteiger partial charge in [0.25, 0.3) is 0 Å². The summed E-state index contributed by atoms with van der Waals surface area (Å²) in [6.07, 6.45) is 0. The second-order valence-corrected chi connectivity index (χ2v) is 7.61. The van der Waals surface area contributed by atoms with E-state index in [2.05, 4.69) is 0 Å². The van der Waals surface area contributed by atoms with Crippen molar-refractivity contribution in [3.8, 4) is 11.5 Å².